The van der Waals surface area contributed by atoms with Crippen LogP contribution in [0.4, 0.5) is 5.69 Å². The number of aryl methyl sites for hydroxylation is 2. The number of anilines is 1. The third-order valence-electron chi connectivity index (χ3n) is 4.18. The van der Waals surface area contributed by atoms with Gasteiger partial charge in [0.05, 0.1) is 16.8 Å². The number of ether oxygens (including phenoxy) is 1. The van der Waals surface area contributed by atoms with Gasteiger partial charge in [-0.05, 0) is 44.2 Å². The van der Waals surface area contributed by atoms with E-state index in [0.717, 1.165) is 11.4 Å². The standard InChI is InChI=1S/C21H18ClN5O3/c1-14-12-15(2)27(25-14)18-9-8-17(22)20(24-18)21(29)30-13-19(28)26(11-10-23)16-6-4-3-5-7-16/h3-9,12H,11,13H2,1-2H3. The van der Waals surface area contributed by atoms with E-state index in [1.54, 1.807) is 41.1 Å². The number of nitriles is 1. The fourth-order valence-electron chi connectivity index (χ4n) is 2.83. The molecule has 1 amide bonds. The Morgan fingerprint density at radius 3 is 2.57 bits per heavy atom. The highest BCUT2D eigenvalue weighted by atomic mass is 35.5. The monoisotopic (exact) mass is 423 g/mol. The lowest BCUT2D eigenvalue weighted by molar-refractivity contribution is -0.121. The molecule has 0 spiro atoms. The zero-order chi connectivity index (χ0) is 21.7. The number of benzene rings is 1. The quantitative estimate of drug-likeness (QED) is 0.445. The molecule has 0 unspecified atom stereocenters. The van der Waals surface area contributed by atoms with Crippen molar-refractivity contribution in [1.82, 2.24) is 14.8 Å². The van der Waals surface area contributed by atoms with E-state index < -0.39 is 18.5 Å². The van der Waals surface area contributed by atoms with Crippen LogP contribution in [0.15, 0.2) is 48.5 Å². The molecule has 0 aliphatic heterocycles. The maximum atomic E-state index is 12.5. The van der Waals surface area contributed by atoms with Crippen LogP contribution in [0.25, 0.3) is 5.82 Å². The van der Waals surface area contributed by atoms with Crippen LogP contribution in [0.5, 0.6) is 0 Å². The molecule has 0 aliphatic carbocycles. The molecule has 3 aromatic rings. The van der Waals surface area contributed by atoms with Gasteiger partial charge >= 0.3 is 5.97 Å². The Balaban J connectivity index is 1.76. The number of hydrogen-bond donors (Lipinski definition) is 0. The molecule has 0 radical (unpaired) electrons. The zero-order valence-electron chi connectivity index (χ0n) is 16.4. The van der Waals surface area contributed by atoms with Gasteiger partial charge in [-0.2, -0.15) is 10.4 Å². The van der Waals surface area contributed by atoms with Gasteiger partial charge in [-0.15, -0.1) is 0 Å². The largest absolute Gasteiger partial charge is 0.451 e. The number of halogens is 1. The molecule has 0 aliphatic rings. The second kappa shape index (κ2) is 9.20. The van der Waals surface area contributed by atoms with E-state index in [1.165, 1.54) is 11.0 Å². The summed E-state index contributed by atoms with van der Waals surface area (Å²) in [5.74, 6) is -0.984. The lowest BCUT2D eigenvalue weighted by Gasteiger charge is -2.19. The number of pyridine rings is 1. The molecule has 2 heterocycles. The van der Waals surface area contributed by atoms with Crippen molar-refractivity contribution in [3.63, 3.8) is 0 Å². The van der Waals surface area contributed by atoms with Gasteiger partial charge in [0.2, 0.25) is 0 Å². The summed E-state index contributed by atoms with van der Waals surface area (Å²) in [5, 5.41) is 13.4. The first-order chi connectivity index (χ1) is 14.4. The van der Waals surface area contributed by atoms with Crippen molar-refractivity contribution in [3.8, 4) is 11.9 Å². The number of nitrogens with zero attached hydrogens (tertiary/aromatic N) is 5. The summed E-state index contributed by atoms with van der Waals surface area (Å²) in [6.45, 7) is 2.98. The van der Waals surface area contributed by atoms with Crippen LogP contribution >= 0.6 is 11.6 Å². The maximum Gasteiger partial charge on any atom is 0.359 e. The van der Waals surface area contributed by atoms with Gasteiger partial charge in [0, 0.05) is 11.4 Å². The molecule has 0 saturated carbocycles. The number of carbonyl (C=O) groups is 2. The van der Waals surface area contributed by atoms with Crippen molar-refractivity contribution in [2.24, 2.45) is 0 Å². The summed E-state index contributed by atoms with van der Waals surface area (Å²) in [4.78, 5) is 30.5. The molecule has 8 nitrogen and oxygen atoms in total. The van der Waals surface area contributed by atoms with Crippen molar-refractivity contribution < 1.29 is 14.3 Å². The number of aromatic nitrogens is 3. The first kappa shape index (κ1) is 21.0. The predicted molar refractivity (Wildman–Crippen MR) is 111 cm³/mol. The fraction of sp³-hybridized carbons (Fsp3) is 0.190. The molecule has 0 saturated heterocycles. The molecular weight excluding hydrogens is 406 g/mol. The van der Waals surface area contributed by atoms with Crippen LogP contribution in [-0.4, -0.2) is 39.8 Å². The molecule has 0 N–H and O–H groups in total. The van der Waals surface area contributed by atoms with Gasteiger partial charge in [0.25, 0.3) is 5.91 Å². The third-order valence-corrected chi connectivity index (χ3v) is 4.48. The normalized spacial score (nSPS) is 10.3. The molecule has 152 valence electrons. The Kier molecular flexibility index (Phi) is 6.45. The van der Waals surface area contributed by atoms with Gasteiger partial charge in [0.1, 0.15) is 6.54 Å². The number of carbonyl (C=O) groups excluding carboxylic acids is 2. The zero-order valence-corrected chi connectivity index (χ0v) is 17.1. The van der Waals surface area contributed by atoms with Gasteiger partial charge in [-0.3, -0.25) is 9.69 Å². The second-order valence-corrected chi connectivity index (χ2v) is 6.80. The van der Waals surface area contributed by atoms with Gasteiger partial charge < -0.3 is 4.74 Å². The highest BCUT2D eigenvalue weighted by molar-refractivity contribution is 6.33. The van der Waals surface area contributed by atoms with E-state index in [1.807, 2.05) is 26.0 Å². The van der Waals surface area contributed by atoms with Crippen LogP contribution in [-0.2, 0) is 9.53 Å². The van der Waals surface area contributed by atoms with E-state index in [2.05, 4.69) is 10.1 Å². The lowest BCUT2D eigenvalue weighted by atomic mass is 10.3. The molecule has 0 fully saturated rings. The molecule has 30 heavy (non-hydrogen) atoms. The van der Waals surface area contributed by atoms with Gasteiger partial charge in [-0.25, -0.2) is 14.5 Å². The topological polar surface area (TPSA) is 101 Å². The molecule has 1 aromatic carbocycles. The van der Waals surface area contributed by atoms with Crippen LogP contribution in [0.3, 0.4) is 0 Å². The Morgan fingerprint density at radius 2 is 1.93 bits per heavy atom. The minimum Gasteiger partial charge on any atom is -0.451 e. The summed E-state index contributed by atoms with van der Waals surface area (Å²) in [5.41, 5.74) is 2.05. The average molecular weight is 424 g/mol. The molecule has 9 heteroatoms. The predicted octanol–water partition coefficient (Wildman–Crippen LogP) is 3.25. The van der Waals surface area contributed by atoms with E-state index in [9.17, 15) is 9.59 Å². The number of rotatable bonds is 6. The third kappa shape index (κ3) is 4.64. The number of para-hydroxylation sites is 1. The molecule has 3 rings (SSSR count). The number of hydrogen-bond acceptors (Lipinski definition) is 6. The molecule has 0 bridgehead atoms. The smallest absolute Gasteiger partial charge is 0.359 e. The van der Waals surface area contributed by atoms with Crippen LogP contribution < -0.4 is 4.90 Å². The van der Waals surface area contributed by atoms with E-state index in [0.29, 0.717) is 11.5 Å². The second-order valence-electron chi connectivity index (χ2n) is 6.39. The van der Waals surface area contributed by atoms with Gasteiger partial charge in [-0.1, -0.05) is 29.8 Å². The van der Waals surface area contributed by atoms with Crippen molar-refractivity contribution in [2.75, 3.05) is 18.1 Å². The van der Waals surface area contributed by atoms with Crippen LogP contribution in [0.2, 0.25) is 5.02 Å². The van der Waals surface area contributed by atoms with Crippen LogP contribution in [0, 0.1) is 25.2 Å². The van der Waals surface area contributed by atoms with Crippen LogP contribution in [0.1, 0.15) is 21.9 Å². The Labute approximate surface area is 178 Å². The van der Waals surface area contributed by atoms with Gasteiger partial charge in [0.15, 0.2) is 18.1 Å². The summed E-state index contributed by atoms with van der Waals surface area (Å²) in [7, 11) is 0. The number of esters is 1. The average Bonchev–Trinajstić information content (AvgIpc) is 3.09. The number of amides is 1. The van der Waals surface area contributed by atoms with E-state index in [4.69, 9.17) is 21.6 Å². The van der Waals surface area contributed by atoms with E-state index >= 15 is 0 Å². The SMILES string of the molecule is Cc1cc(C)n(-c2ccc(Cl)c(C(=O)OCC(=O)N(CC#N)c3ccccc3)n2)n1. The Morgan fingerprint density at radius 1 is 1.20 bits per heavy atom. The Hall–Kier alpha value is -3.70. The maximum absolute atomic E-state index is 12.5. The summed E-state index contributed by atoms with van der Waals surface area (Å²) in [6.07, 6.45) is 0. The summed E-state index contributed by atoms with van der Waals surface area (Å²) in [6, 6.07) is 15.6. The summed E-state index contributed by atoms with van der Waals surface area (Å²) >= 11 is 6.12. The highest BCUT2D eigenvalue weighted by Gasteiger charge is 2.21. The molecule has 0 atom stereocenters. The Bertz CT molecular complexity index is 1120. The first-order valence-electron chi connectivity index (χ1n) is 9.00. The molecule has 2 aromatic heterocycles. The first-order valence-corrected chi connectivity index (χ1v) is 9.38. The minimum absolute atomic E-state index is 0.0923. The fourth-order valence-corrected chi connectivity index (χ4v) is 3.01. The molecular formula is C21H18ClN5O3. The summed E-state index contributed by atoms with van der Waals surface area (Å²) < 4.78 is 6.71. The van der Waals surface area contributed by atoms with E-state index in [-0.39, 0.29) is 17.3 Å². The van der Waals surface area contributed by atoms with Crippen molar-refractivity contribution in [2.45, 2.75) is 13.8 Å². The lowest BCUT2D eigenvalue weighted by Crippen LogP contribution is -2.35. The van der Waals surface area contributed by atoms with Crippen molar-refractivity contribution >= 4 is 29.2 Å². The van der Waals surface area contributed by atoms with Crippen molar-refractivity contribution in [3.05, 3.63) is 70.6 Å². The highest BCUT2D eigenvalue weighted by Crippen LogP contribution is 2.19. The van der Waals surface area contributed by atoms with Crippen molar-refractivity contribution in [1.29, 1.82) is 5.26 Å². The minimum atomic E-state index is -0.846.